The van der Waals surface area contributed by atoms with E-state index in [4.69, 9.17) is 0 Å². The second-order valence-electron chi connectivity index (χ2n) is 3.82. The summed E-state index contributed by atoms with van der Waals surface area (Å²) in [5, 5.41) is 9.85. The molecular weight excluding hydrogens is 254 g/mol. The molecule has 0 aliphatic heterocycles. The third-order valence-electron chi connectivity index (χ3n) is 2.55. The molecule has 0 aliphatic carbocycles. The van der Waals surface area contributed by atoms with Gasteiger partial charge in [-0.05, 0) is 30.4 Å². The van der Waals surface area contributed by atoms with Gasteiger partial charge in [0.2, 0.25) is 0 Å². The number of nitrogens with one attached hydrogen (secondary N) is 1. The molecular formula is C12H18ClN3S. The highest BCUT2D eigenvalue weighted by Crippen LogP contribution is 2.17. The van der Waals surface area contributed by atoms with Crippen molar-refractivity contribution in [1.82, 2.24) is 9.78 Å². The number of aryl methyl sites for hydroxylation is 2. The summed E-state index contributed by atoms with van der Waals surface area (Å²) in [6.07, 6.45) is 2.95. The Morgan fingerprint density at radius 2 is 2.24 bits per heavy atom. The number of thiophene rings is 1. The Morgan fingerprint density at radius 3 is 2.88 bits per heavy atom. The van der Waals surface area contributed by atoms with Crippen molar-refractivity contribution in [2.75, 3.05) is 5.32 Å². The topological polar surface area (TPSA) is 29.9 Å². The fourth-order valence-electron chi connectivity index (χ4n) is 1.63. The normalized spacial score (nSPS) is 10.0. The maximum Gasteiger partial charge on any atom is 0.124 e. The molecule has 0 aromatic carbocycles. The van der Waals surface area contributed by atoms with E-state index in [9.17, 15) is 0 Å². The average molecular weight is 272 g/mol. The van der Waals surface area contributed by atoms with E-state index < -0.39 is 0 Å². The van der Waals surface area contributed by atoms with Crippen LogP contribution in [-0.4, -0.2) is 9.78 Å². The molecule has 2 aromatic rings. The van der Waals surface area contributed by atoms with Crippen molar-refractivity contribution < 1.29 is 0 Å². The fourth-order valence-corrected chi connectivity index (χ4v) is 2.47. The molecule has 0 saturated carbocycles. The summed E-state index contributed by atoms with van der Waals surface area (Å²) in [7, 11) is 0. The second-order valence-corrected chi connectivity index (χ2v) is 4.82. The van der Waals surface area contributed by atoms with Crippen molar-refractivity contribution in [2.24, 2.45) is 0 Å². The molecule has 5 heteroatoms. The Kier molecular flexibility index (Phi) is 5.51. The maximum absolute atomic E-state index is 4.29. The van der Waals surface area contributed by atoms with Gasteiger partial charge < -0.3 is 5.32 Å². The Hall–Kier alpha value is -1.00. The molecule has 0 aliphatic rings. The summed E-state index contributed by atoms with van der Waals surface area (Å²) in [6, 6.07) is 4.18. The van der Waals surface area contributed by atoms with Crippen molar-refractivity contribution >= 4 is 29.6 Å². The lowest BCUT2D eigenvalue weighted by Gasteiger charge is -2.08. The van der Waals surface area contributed by atoms with Gasteiger partial charge in [-0.3, -0.25) is 0 Å². The molecule has 2 rings (SSSR count). The molecule has 0 radical (unpaired) electrons. The van der Waals surface area contributed by atoms with Crippen LogP contribution in [0.25, 0.3) is 0 Å². The van der Waals surface area contributed by atoms with Gasteiger partial charge in [0.15, 0.2) is 0 Å². The number of halogens is 1. The van der Waals surface area contributed by atoms with E-state index in [1.807, 2.05) is 16.9 Å². The summed E-state index contributed by atoms with van der Waals surface area (Å²) < 4.78 is 2.02. The molecule has 0 amide bonds. The monoisotopic (exact) mass is 271 g/mol. The first-order valence-corrected chi connectivity index (χ1v) is 6.48. The number of hydrogen-bond donors (Lipinski definition) is 1. The molecule has 0 bridgehead atoms. The predicted molar refractivity (Wildman–Crippen MR) is 76.1 cm³/mol. The Morgan fingerprint density at radius 1 is 1.41 bits per heavy atom. The fraction of sp³-hybridized carbons (Fsp3) is 0.417. The van der Waals surface area contributed by atoms with Crippen LogP contribution in [0.3, 0.4) is 0 Å². The van der Waals surface area contributed by atoms with Gasteiger partial charge in [-0.2, -0.15) is 5.10 Å². The number of nitrogens with zero attached hydrogens (tertiary/aromatic N) is 2. The van der Waals surface area contributed by atoms with Crippen LogP contribution >= 0.6 is 23.7 Å². The first kappa shape index (κ1) is 14.1. The molecule has 17 heavy (non-hydrogen) atoms. The van der Waals surface area contributed by atoms with Crippen molar-refractivity contribution in [3.05, 3.63) is 34.2 Å². The minimum absolute atomic E-state index is 0. The summed E-state index contributed by atoms with van der Waals surface area (Å²) in [4.78, 5) is 1.39. The first-order chi connectivity index (χ1) is 7.81. The number of hydrogen-bond acceptors (Lipinski definition) is 3. The lowest BCUT2D eigenvalue weighted by atomic mass is 10.3. The van der Waals surface area contributed by atoms with Gasteiger partial charge in [0.25, 0.3) is 0 Å². The van der Waals surface area contributed by atoms with E-state index in [-0.39, 0.29) is 12.4 Å². The Balaban J connectivity index is 0.00000144. The number of aromatic nitrogens is 2. The van der Waals surface area contributed by atoms with Crippen LogP contribution in [0.15, 0.2) is 23.7 Å². The molecule has 0 saturated heterocycles. The summed E-state index contributed by atoms with van der Waals surface area (Å²) in [5.74, 6) is 1.11. The highest BCUT2D eigenvalue weighted by Gasteiger charge is 2.03. The molecule has 2 heterocycles. The third kappa shape index (κ3) is 3.48. The van der Waals surface area contributed by atoms with Gasteiger partial charge in [0.05, 0.1) is 12.7 Å². The summed E-state index contributed by atoms with van der Waals surface area (Å²) in [6.45, 7) is 6.17. The molecule has 0 atom stereocenters. The minimum atomic E-state index is 0. The van der Waals surface area contributed by atoms with E-state index in [0.29, 0.717) is 0 Å². The van der Waals surface area contributed by atoms with Gasteiger partial charge in [0.1, 0.15) is 5.82 Å². The van der Waals surface area contributed by atoms with E-state index >= 15 is 0 Å². The smallest absolute Gasteiger partial charge is 0.124 e. The highest BCUT2D eigenvalue weighted by molar-refractivity contribution is 7.10. The maximum atomic E-state index is 4.29. The average Bonchev–Trinajstić information content (AvgIpc) is 2.86. The molecule has 2 aromatic heterocycles. The zero-order valence-electron chi connectivity index (χ0n) is 10.1. The lowest BCUT2D eigenvalue weighted by molar-refractivity contribution is 0.607. The van der Waals surface area contributed by atoms with Crippen LogP contribution in [0, 0.1) is 6.92 Å². The first-order valence-electron chi connectivity index (χ1n) is 5.60. The Labute approximate surface area is 112 Å². The molecule has 0 spiro atoms. The second kappa shape index (κ2) is 6.67. The van der Waals surface area contributed by atoms with E-state index in [2.05, 4.69) is 35.7 Å². The number of rotatable bonds is 5. The molecule has 1 N–H and O–H groups in total. The van der Waals surface area contributed by atoms with E-state index in [1.54, 1.807) is 11.3 Å². The van der Waals surface area contributed by atoms with Crippen molar-refractivity contribution in [2.45, 2.75) is 33.4 Å². The van der Waals surface area contributed by atoms with Gasteiger partial charge in [-0.1, -0.05) is 6.92 Å². The van der Waals surface area contributed by atoms with E-state index in [1.165, 1.54) is 10.4 Å². The summed E-state index contributed by atoms with van der Waals surface area (Å²) >= 11 is 1.80. The number of anilines is 1. The largest absolute Gasteiger partial charge is 0.365 e. The zero-order chi connectivity index (χ0) is 11.4. The highest BCUT2D eigenvalue weighted by atomic mass is 35.5. The van der Waals surface area contributed by atoms with Crippen LogP contribution in [0.4, 0.5) is 5.82 Å². The van der Waals surface area contributed by atoms with Crippen molar-refractivity contribution in [3.8, 4) is 0 Å². The lowest BCUT2D eigenvalue weighted by Crippen LogP contribution is -2.07. The van der Waals surface area contributed by atoms with Crippen LogP contribution in [0.5, 0.6) is 0 Å². The molecule has 94 valence electrons. The van der Waals surface area contributed by atoms with Gasteiger partial charge in [-0.25, -0.2) is 4.68 Å². The third-order valence-corrected chi connectivity index (χ3v) is 3.57. The molecule has 0 fully saturated rings. The van der Waals surface area contributed by atoms with Crippen LogP contribution < -0.4 is 5.32 Å². The molecule has 3 nitrogen and oxygen atoms in total. The van der Waals surface area contributed by atoms with Gasteiger partial charge in [-0.15, -0.1) is 23.7 Å². The van der Waals surface area contributed by atoms with Gasteiger partial charge in [0, 0.05) is 17.5 Å². The SMILES string of the molecule is CCCn1nccc1NCc1sccc1C.Cl. The van der Waals surface area contributed by atoms with Crippen molar-refractivity contribution in [3.63, 3.8) is 0 Å². The van der Waals surface area contributed by atoms with Crippen LogP contribution in [-0.2, 0) is 13.1 Å². The van der Waals surface area contributed by atoms with E-state index in [0.717, 1.165) is 25.3 Å². The van der Waals surface area contributed by atoms with Gasteiger partial charge >= 0.3 is 0 Å². The van der Waals surface area contributed by atoms with Crippen LogP contribution in [0.1, 0.15) is 23.8 Å². The summed E-state index contributed by atoms with van der Waals surface area (Å²) in [5.41, 5.74) is 1.36. The molecule has 0 unspecified atom stereocenters. The predicted octanol–water partition coefficient (Wildman–Crippen LogP) is 3.70. The minimum Gasteiger partial charge on any atom is -0.365 e. The van der Waals surface area contributed by atoms with Crippen molar-refractivity contribution in [1.29, 1.82) is 0 Å². The van der Waals surface area contributed by atoms with Crippen LogP contribution in [0.2, 0.25) is 0 Å². The zero-order valence-corrected chi connectivity index (χ0v) is 11.8. The quantitative estimate of drug-likeness (QED) is 0.899. The Bertz CT molecular complexity index is 450. The standard InChI is InChI=1S/C12H17N3S.ClH/c1-3-7-15-12(4-6-14-15)13-9-11-10(2)5-8-16-11;/h4-6,8,13H,3,7,9H2,1-2H3;1H.